The fourth-order valence-corrected chi connectivity index (χ4v) is 2.02. The van der Waals surface area contributed by atoms with Gasteiger partial charge in [0, 0.05) is 11.3 Å². The first kappa shape index (κ1) is 14.8. The van der Waals surface area contributed by atoms with Gasteiger partial charge in [-0.3, -0.25) is 5.32 Å². The molecule has 23 heavy (non-hydrogen) atoms. The van der Waals surface area contributed by atoms with Crippen LogP contribution < -0.4 is 5.32 Å². The number of anilines is 1. The highest BCUT2D eigenvalue weighted by molar-refractivity contribution is 5.85. The molecule has 0 radical (unpaired) electrons. The minimum absolute atomic E-state index is 0.217. The van der Waals surface area contributed by atoms with Crippen molar-refractivity contribution >= 4 is 11.8 Å². The van der Waals surface area contributed by atoms with Crippen LogP contribution in [0.2, 0.25) is 0 Å². The summed E-state index contributed by atoms with van der Waals surface area (Å²) in [5, 5.41) is 6.43. The standard InChI is InChI=1S/C17H15N3O3/c1-12-18-16(23-20-12)14-8-5-9-15(10-14)19-17(21)22-11-13-6-3-2-4-7-13/h2-10H,11H2,1H3,(H,19,21). The summed E-state index contributed by atoms with van der Waals surface area (Å²) in [4.78, 5) is 16.0. The zero-order chi connectivity index (χ0) is 16.1. The predicted molar refractivity (Wildman–Crippen MR) is 84.7 cm³/mol. The van der Waals surface area contributed by atoms with Crippen molar-refractivity contribution in [2.24, 2.45) is 0 Å². The Morgan fingerprint density at radius 1 is 1.17 bits per heavy atom. The lowest BCUT2D eigenvalue weighted by Crippen LogP contribution is -2.13. The Morgan fingerprint density at radius 2 is 2.00 bits per heavy atom. The van der Waals surface area contributed by atoms with Crippen LogP contribution in [0.3, 0.4) is 0 Å². The molecule has 1 heterocycles. The molecule has 0 unspecified atom stereocenters. The van der Waals surface area contributed by atoms with Crippen LogP contribution in [-0.2, 0) is 11.3 Å². The van der Waals surface area contributed by atoms with Gasteiger partial charge in [-0.1, -0.05) is 41.6 Å². The molecule has 0 bridgehead atoms. The number of nitrogens with zero attached hydrogens (tertiary/aromatic N) is 2. The van der Waals surface area contributed by atoms with Gasteiger partial charge in [0.2, 0.25) is 0 Å². The molecule has 0 saturated carbocycles. The maximum Gasteiger partial charge on any atom is 0.411 e. The van der Waals surface area contributed by atoms with Crippen LogP contribution >= 0.6 is 0 Å². The van der Waals surface area contributed by atoms with E-state index in [1.54, 1.807) is 25.1 Å². The van der Waals surface area contributed by atoms with Gasteiger partial charge in [-0.25, -0.2) is 4.79 Å². The number of ether oxygens (including phenoxy) is 1. The summed E-state index contributed by atoms with van der Waals surface area (Å²) in [5.41, 5.74) is 2.25. The van der Waals surface area contributed by atoms with E-state index >= 15 is 0 Å². The van der Waals surface area contributed by atoms with Crippen molar-refractivity contribution < 1.29 is 14.1 Å². The number of rotatable bonds is 4. The van der Waals surface area contributed by atoms with Gasteiger partial charge < -0.3 is 9.26 Å². The van der Waals surface area contributed by atoms with Crippen molar-refractivity contribution in [2.75, 3.05) is 5.32 Å². The fraction of sp³-hybridized carbons (Fsp3) is 0.118. The van der Waals surface area contributed by atoms with Crippen LogP contribution in [0.25, 0.3) is 11.5 Å². The summed E-state index contributed by atoms with van der Waals surface area (Å²) in [6.45, 7) is 1.96. The quantitative estimate of drug-likeness (QED) is 0.793. The molecule has 1 aromatic heterocycles. The van der Waals surface area contributed by atoms with Crippen LogP contribution in [0, 0.1) is 6.92 Å². The fourth-order valence-electron chi connectivity index (χ4n) is 2.02. The summed E-state index contributed by atoms with van der Waals surface area (Å²) in [7, 11) is 0. The van der Waals surface area contributed by atoms with Gasteiger partial charge in [-0.05, 0) is 30.7 Å². The topological polar surface area (TPSA) is 77.2 Å². The number of hydrogen-bond donors (Lipinski definition) is 1. The molecule has 0 aliphatic carbocycles. The summed E-state index contributed by atoms with van der Waals surface area (Å²) >= 11 is 0. The Hall–Kier alpha value is -3.15. The van der Waals surface area contributed by atoms with Crippen molar-refractivity contribution in [3.63, 3.8) is 0 Å². The van der Waals surface area contributed by atoms with Gasteiger partial charge in [0.05, 0.1) is 0 Å². The Balaban J connectivity index is 1.62. The Bertz CT molecular complexity index is 800. The highest BCUT2D eigenvalue weighted by Crippen LogP contribution is 2.21. The van der Waals surface area contributed by atoms with Gasteiger partial charge in [-0.2, -0.15) is 4.98 Å². The molecule has 2 aromatic carbocycles. The molecule has 0 saturated heterocycles. The first-order valence-electron chi connectivity index (χ1n) is 7.09. The normalized spacial score (nSPS) is 10.3. The molecule has 0 spiro atoms. The van der Waals surface area contributed by atoms with E-state index in [9.17, 15) is 4.79 Å². The van der Waals surface area contributed by atoms with Crippen molar-refractivity contribution in [1.29, 1.82) is 0 Å². The van der Waals surface area contributed by atoms with E-state index in [-0.39, 0.29) is 6.61 Å². The van der Waals surface area contributed by atoms with Gasteiger partial charge >= 0.3 is 6.09 Å². The third-order valence-electron chi connectivity index (χ3n) is 3.10. The average Bonchev–Trinajstić information content (AvgIpc) is 3.01. The Labute approximate surface area is 133 Å². The molecule has 0 fully saturated rings. The molecular weight excluding hydrogens is 294 g/mol. The Morgan fingerprint density at radius 3 is 2.74 bits per heavy atom. The lowest BCUT2D eigenvalue weighted by molar-refractivity contribution is 0.155. The number of aromatic nitrogens is 2. The zero-order valence-corrected chi connectivity index (χ0v) is 12.5. The monoisotopic (exact) mass is 309 g/mol. The molecule has 1 amide bonds. The third kappa shape index (κ3) is 3.94. The van der Waals surface area contributed by atoms with E-state index in [1.165, 1.54) is 0 Å². The molecule has 0 atom stereocenters. The Kier molecular flexibility index (Phi) is 4.33. The van der Waals surface area contributed by atoms with E-state index in [0.29, 0.717) is 17.4 Å². The maximum atomic E-state index is 11.9. The maximum absolute atomic E-state index is 11.9. The second-order valence-corrected chi connectivity index (χ2v) is 4.91. The van der Waals surface area contributed by atoms with Gasteiger partial charge in [0.25, 0.3) is 5.89 Å². The van der Waals surface area contributed by atoms with Gasteiger partial charge in [0.1, 0.15) is 6.61 Å². The van der Waals surface area contributed by atoms with Crippen LogP contribution in [0.5, 0.6) is 0 Å². The molecule has 1 N–H and O–H groups in total. The van der Waals surface area contributed by atoms with Crippen LogP contribution in [-0.4, -0.2) is 16.2 Å². The second-order valence-electron chi connectivity index (χ2n) is 4.91. The minimum atomic E-state index is -0.521. The number of benzene rings is 2. The van der Waals surface area contributed by atoms with Crippen LogP contribution in [0.15, 0.2) is 59.1 Å². The molecule has 116 valence electrons. The van der Waals surface area contributed by atoms with Crippen molar-refractivity contribution in [2.45, 2.75) is 13.5 Å². The summed E-state index contributed by atoms with van der Waals surface area (Å²) < 4.78 is 10.3. The number of hydrogen-bond acceptors (Lipinski definition) is 5. The predicted octanol–water partition coefficient (Wildman–Crippen LogP) is 3.79. The lowest BCUT2D eigenvalue weighted by Gasteiger charge is -2.07. The van der Waals surface area contributed by atoms with E-state index in [2.05, 4.69) is 15.5 Å². The number of aryl methyl sites for hydroxylation is 1. The molecular formula is C17H15N3O3. The average molecular weight is 309 g/mol. The molecule has 6 nitrogen and oxygen atoms in total. The number of nitrogens with one attached hydrogen (secondary N) is 1. The summed E-state index contributed by atoms with van der Waals surface area (Å²) in [6, 6.07) is 16.6. The molecule has 3 aromatic rings. The van der Waals surface area contributed by atoms with E-state index in [0.717, 1.165) is 11.1 Å². The molecule has 0 aliphatic rings. The highest BCUT2D eigenvalue weighted by atomic mass is 16.5. The second kappa shape index (κ2) is 6.74. The summed E-state index contributed by atoms with van der Waals surface area (Å²) in [5.74, 6) is 0.962. The van der Waals surface area contributed by atoms with Gasteiger partial charge in [0.15, 0.2) is 5.82 Å². The largest absolute Gasteiger partial charge is 0.444 e. The van der Waals surface area contributed by atoms with Crippen molar-refractivity contribution in [1.82, 2.24) is 10.1 Å². The van der Waals surface area contributed by atoms with E-state index < -0.39 is 6.09 Å². The lowest BCUT2D eigenvalue weighted by atomic mass is 10.2. The van der Waals surface area contributed by atoms with Gasteiger partial charge in [-0.15, -0.1) is 0 Å². The van der Waals surface area contributed by atoms with E-state index in [4.69, 9.17) is 9.26 Å². The molecule has 3 rings (SSSR count). The number of amides is 1. The van der Waals surface area contributed by atoms with Crippen LogP contribution in [0.1, 0.15) is 11.4 Å². The van der Waals surface area contributed by atoms with Crippen molar-refractivity contribution in [3.8, 4) is 11.5 Å². The number of carbonyl (C=O) groups is 1. The van der Waals surface area contributed by atoms with Crippen molar-refractivity contribution in [3.05, 3.63) is 66.0 Å². The van der Waals surface area contributed by atoms with Crippen LogP contribution in [0.4, 0.5) is 10.5 Å². The minimum Gasteiger partial charge on any atom is -0.444 e. The summed E-state index contributed by atoms with van der Waals surface area (Å²) in [6.07, 6.45) is -0.521. The smallest absolute Gasteiger partial charge is 0.411 e. The number of carbonyl (C=O) groups excluding carboxylic acids is 1. The van der Waals surface area contributed by atoms with E-state index in [1.807, 2.05) is 36.4 Å². The molecule has 0 aliphatic heterocycles. The molecule has 6 heteroatoms. The first-order valence-corrected chi connectivity index (χ1v) is 7.09. The SMILES string of the molecule is Cc1noc(-c2cccc(NC(=O)OCc3ccccc3)c2)n1. The first-order chi connectivity index (χ1) is 11.2. The highest BCUT2D eigenvalue weighted by Gasteiger charge is 2.09. The zero-order valence-electron chi connectivity index (χ0n) is 12.5. The third-order valence-corrected chi connectivity index (χ3v) is 3.10.